The fraction of sp³-hybridized carbons (Fsp3) is 0.143. The van der Waals surface area contributed by atoms with Gasteiger partial charge in [-0.2, -0.15) is 0 Å². The quantitative estimate of drug-likeness (QED) is 0.784. The van der Waals surface area contributed by atoms with Crippen molar-refractivity contribution in [3.05, 3.63) is 66.2 Å². The highest BCUT2D eigenvalue weighted by Gasteiger charge is 1.98. The highest BCUT2D eigenvalue weighted by Crippen LogP contribution is 2.09. The Morgan fingerprint density at radius 1 is 0.875 bits per heavy atom. The first-order valence-electron chi connectivity index (χ1n) is 5.42. The summed E-state index contributed by atoms with van der Waals surface area (Å²) in [6, 6.07) is 20.6. The molecule has 0 bridgehead atoms. The van der Waals surface area contributed by atoms with Gasteiger partial charge >= 0.3 is 0 Å². The van der Waals surface area contributed by atoms with Crippen LogP contribution in [0.15, 0.2) is 60.7 Å². The van der Waals surface area contributed by atoms with Crippen LogP contribution in [0.5, 0.6) is 0 Å². The Labute approximate surface area is 96.5 Å². The molecule has 2 nitrogen and oxygen atoms in total. The molecule has 0 atom stereocenters. The number of para-hydroxylation sites is 1. The van der Waals surface area contributed by atoms with Gasteiger partial charge in [0.25, 0.3) is 0 Å². The first-order chi connectivity index (χ1) is 7.86. The van der Waals surface area contributed by atoms with Crippen molar-refractivity contribution >= 4 is 5.69 Å². The Hall–Kier alpha value is -1.80. The zero-order valence-electron chi connectivity index (χ0n) is 9.43. The molecule has 2 rings (SSSR count). The van der Waals surface area contributed by atoms with Crippen LogP contribution in [0.25, 0.3) is 0 Å². The number of hydrogen-bond donors (Lipinski definition) is 1. The highest BCUT2D eigenvalue weighted by molar-refractivity contribution is 5.43. The summed E-state index contributed by atoms with van der Waals surface area (Å²) >= 11 is 0. The van der Waals surface area contributed by atoms with Crippen molar-refractivity contribution in [3.8, 4) is 0 Å². The molecule has 0 radical (unpaired) electrons. The van der Waals surface area contributed by atoms with Crippen molar-refractivity contribution in [2.24, 2.45) is 0 Å². The molecular weight excluding hydrogens is 196 g/mol. The fourth-order valence-electron chi connectivity index (χ4n) is 1.55. The van der Waals surface area contributed by atoms with E-state index < -0.39 is 0 Å². The molecule has 0 saturated carbocycles. The molecule has 2 heteroatoms. The minimum Gasteiger partial charge on any atom is -0.311 e. The standard InChI is InChI=1S/C14H16N2/c1-16(14-10-6-3-7-11-14)15-12-13-8-4-2-5-9-13/h2-11,15H,12H2,1H3. The molecule has 2 aromatic rings. The molecule has 2 aromatic carbocycles. The van der Waals surface area contributed by atoms with Crippen molar-refractivity contribution in [2.45, 2.75) is 6.54 Å². The molecule has 0 fully saturated rings. The molecule has 0 aliphatic heterocycles. The van der Waals surface area contributed by atoms with Gasteiger partial charge in [-0.1, -0.05) is 48.5 Å². The molecule has 0 aliphatic rings. The third kappa shape index (κ3) is 2.84. The summed E-state index contributed by atoms with van der Waals surface area (Å²) in [4.78, 5) is 0. The van der Waals surface area contributed by atoms with Crippen LogP contribution in [0, 0.1) is 0 Å². The lowest BCUT2D eigenvalue weighted by molar-refractivity contribution is 0.678. The summed E-state index contributed by atoms with van der Waals surface area (Å²) in [6.45, 7) is 0.840. The number of nitrogens with zero attached hydrogens (tertiary/aromatic N) is 1. The van der Waals surface area contributed by atoms with E-state index in [9.17, 15) is 0 Å². The number of anilines is 1. The van der Waals surface area contributed by atoms with Crippen molar-refractivity contribution in [1.82, 2.24) is 5.43 Å². The molecule has 82 valence electrons. The van der Waals surface area contributed by atoms with Crippen molar-refractivity contribution < 1.29 is 0 Å². The fourth-order valence-corrected chi connectivity index (χ4v) is 1.55. The summed E-state index contributed by atoms with van der Waals surface area (Å²) in [5.74, 6) is 0. The summed E-state index contributed by atoms with van der Waals surface area (Å²) in [5, 5.41) is 2.03. The minimum atomic E-state index is 0.840. The third-order valence-electron chi connectivity index (χ3n) is 2.51. The van der Waals surface area contributed by atoms with E-state index in [1.54, 1.807) is 0 Å². The lowest BCUT2D eigenvalue weighted by Gasteiger charge is -2.20. The molecule has 16 heavy (non-hydrogen) atoms. The van der Waals surface area contributed by atoms with E-state index >= 15 is 0 Å². The van der Waals surface area contributed by atoms with Gasteiger partial charge in [0.15, 0.2) is 0 Å². The maximum absolute atomic E-state index is 3.35. The minimum absolute atomic E-state index is 0.840. The van der Waals surface area contributed by atoms with E-state index in [1.165, 1.54) is 11.3 Å². The zero-order chi connectivity index (χ0) is 11.2. The van der Waals surface area contributed by atoms with Crippen molar-refractivity contribution in [1.29, 1.82) is 0 Å². The molecule has 0 saturated heterocycles. The number of benzene rings is 2. The molecule has 1 N–H and O–H groups in total. The van der Waals surface area contributed by atoms with Gasteiger partial charge in [0.05, 0.1) is 5.69 Å². The van der Waals surface area contributed by atoms with Crippen LogP contribution < -0.4 is 10.4 Å². The van der Waals surface area contributed by atoms with E-state index in [0.29, 0.717) is 0 Å². The van der Waals surface area contributed by atoms with Gasteiger partial charge in [0.1, 0.15) is 0 Å². The third-order valence-corrected chi connectivity index (χ3v) is 2.51. The van der Waals surface area contributed by atoms with Crippen LogP contribution in [-0.2, 0) is 6.54 Å². The average molecular weight is 212 g/mol. The highest BCUT2D eigenvalue weighted by atomic mass is 15.5. The van der Waals surface area contributed by atoms with Crippen molar-refractivity contribution in [2.75, 3.05) is 12.1 Å². The lowest BCUT2D eigenvalue weighted by Crippen LogP contribution is -2.33. The normalized spacial score (nSPS) is 10.1. The zero-order valence-corrected chi connectivity index (χ0v) is 9.43. The number of rotatable bonds is 4. The molecule has 0 aliphatic carbocycles. The molecular formula is C14H16N2. The Bertz CT molecular complexity index is 411. The molecule has 0 heterocycles. The molecule has 0 unspecified atom stereocenters. The molecule has 0 amide bonds. The Balaban J connectivity index is 1.92. The van der Waals surface area contributed by atoms with Crippen LogP contribution in [-0.4, -0.2) is 7.05 Å². The smallest absolute Gasteiger partial charge is 0.0516 e. The topological polar surface area (TPSA) is 15.3 Å². The van der Waals surface area contributed by atoms with E-state index in [1.807, 2.05) is 36.3 Å². The van der Waals surface area contributed by atoms with Gasteiger partial charge in [-0.05, 0) is 17.7 Å². The first kappa shape index (κ1) is 10.7. The second-order valence-electron chi connectivity index (χ2n) is 3.72. The molecule has 0 spiro atoms. The van der Waals surface area contributed by atoms with Gasteiger partial charge in [0, 0.05) is 13.6 Å². The SMILES string of the molecule is CN(NCc1ccccc1)c1ccccc1. The van der Waals surface area contributed by atoms with Crippen LogP contribution >= 0.6 is 0 Å². The largest absolute Gasteiger partial charge is 0.311 e. The summed E-state index contributed by atoms with van der Waals surface area (Å²) in [5.41, 5.74) is 5.80. The molecule has 0 aromatic heterocycles. The average Bonchev–Trinajstić information content (AvgIpc) is 2.38. The lowest BCUT2D eigenvalue weighted by atomic mass is 10.2. The van der Waals surface area contributed by atoms with E-state index in [2.05, 4.69) is 41.8 Å². The number of hydrazine groups is 1. The monoisotopic (exact) mass is 212 g/mol. The van der Waals surface area contributed by atoms with Crippen LogP contribution in [0.2, 0.25) is 0 Å². The Kier molecular flexibility index (Phi) is 3.57. The maximum Gasteiger partial charge on any atom is 0.0516 e. The second kappa shape index (κ2) is 5.33. The van der Waals surface area contributed by atoms with Crippen molar-refractivity contribution in [3.63, 3.8) is 0 Å². The van der Waals surface area contributed by atoms with E-state index in [-0.39, 0.29) is 0 Å². The van der Waals surface area contributed by atoms with Crippen LogP contribution in [0.4, 0.5) is 5.69 Å². The van der Waals surface area contributed by atoms with Gasteiger partial charge in [-0.15, -0.1) is 0 Å². The predicted molar refractivity (Wildman–Crippen MR) is 68.1 cm³/mol. The van der Waals surface area contributed by atoms with E-state index in [4.69, 9.17) is 0 Å². The van der Waals surface area contributed by atoms with Gasteiger partial charge in [-0.25, -0.2) is 5.43 Å². The van der Waals surface area contributed by atoms with Gasteiger partial charge in [-0.3, -0.25) is 0 Å². The predicted octanol–water partition coefficient (Wildman–Crippen LogP) is 2.83. The van der Waals surface area contributed by atoms with Gasteiger partial charge in [0.2, 0.25) is 0 Å². The van der Waals surface area contributed by atoms with Gasteiger partial charge < -0.3 is 5.01 Å². The van der Waals surface area contributed by atoms with Crippen LogP contribution in [0.3, 0.4) is 0 Å². The Morgan fingerprint density at radius 3 is 2.06 bits per heavy atom. The summed E-state index contributed by atoms with van der Waals surface area (Å²) in [7, 11) is 2.03. The van der Waals surface area contributed by atoms with E-state index in [0.717, 1.165) is 6.54 Å². The maximum atomic E-state index is 3.35. The second-order valence-corrected chi connectivity index (χ2v) is 3.72. The summed E-state index contributed by atoms with van der Waals surface area (Å²) in [6.07, 6.45) is 0. The number of hydrogen-bond acceptors (Lipinski definition) is 2. The number of nitrogens with one attached hydrogen (secondary N) is 1. The first-order valence-corrected chi connectivity index (χ1v) is 5.42. The van der Waals surface area contributed by atoms with Crippen LogP contribution in [0.1, 0.15) is 5.56 Å². The summed E-state index contributed by atoms with van der Waals surface area (Å²) < 4.78 is 0. The Morgan fingerprint density at radius 2 is 1.44 bits per heavy atom.